The Balaban J connectivity index is 0.000000291. The number of nitrogens with one attached hydrogen (secondary N) is 1. The smallest absolute Gasteiger partial charge is 0.148 e. The number of Topliss-reactive ketones (excluding diaryl/α,β-unsaturated/α-hetero) is 1. The zero-order valence-corrected chi connectivity index (χ0v) is 6.40. The van der Waals surface area contributed by atoms with Crippen LogP contribution in [0.2, 0.25) is 0 Å². The normalized spacial score (nSPS) is 25.2. The van der Waals surface area contributed by atoms with Gasteiger partial charge in [0.05, 0.1) is 6.54 Å². The van der Waals surface area contributed by atoms with Crippen molar-refractivity contribution in [3.05, 3.63) is 0 Å². The molecule has 0 aromatic rings. The summed E-state index contributed by atoms with van der Waals surface area (Å²) in [5.74, 6) is 0.340. The molecular weight excluding hydrogens is 114 g/mol. The van der Waals surface area contributed by atoms with Gasteiger partial charge in [-0.15, -0.1) is 0 Å². The van der Waals surface area contributed by atoms with Gasteiger partial charge >= 0.3 is 0 Å². The van der Waals surface area contributed by atoms with E-state index >= 15 is 0 Å². The summed E-state index contributed by atoms with van der Waals surface area (Å²) in [6.07, 6.45) is 0.722. The van der Waals surface area contributed by atoms with Gasteiger partial charge in [-0.25, -0.2) is 0 Å². The lowest BCUT2D eigenvalue weighted by atomic mass is 10.2. The van der Waals surface area contributed by atoms with Gasteiger partial charge in [-0.1, -0.05) is 13.8 Å². The minimum absolute atomic E-state index is 0.340. The van der Waals surface area contributed by atoms with E-state index in [0.29, 0.717) is 18.4 Å². The molecule has 1 fully saturated rings. The van der Waals surface area contributed by atoms with E-state index in [0.717, 1.165) is 6.42 Å². The summed E-state index contributed by atoms with van der Waals surface area (Å²) in [4.78, 5) is 10.4. The van der Waals surface area contributed by atoms with Crippen molar-refractivity contribution in [2.24, 2.45) is 0 Å². The molecule has 0 aromatic heterocycles. The Hall–Kier alpha value is -0.370. The van der Waals surface area contributed by atoms with Gasteiger partial charge in [0.2, 0.25) is 0 Å². The third kappa shape index (κ3) is 3.25. The molecule has 1 unspecified atom stereocenters. The molecule has 0 saturated carbocycles. The number of carbonyl (C=O) groups is 1. The fourth-order valence-electron chi connectivity index (χ4n) is 0.774. The van der Waals surface area contributed by atoms with Crippen molar-refractivity contribution in [2.75, 3.05) is 6.54 Å². The molecule has 0 aromatic carbocycles. The van der Waals surface area contributed by atoms with E-state index in [2.05, 4.69) is 5.32 Å². The average molecular weight is 129 g/mol. The van der Waals surface area contributed by atoms with Gasteiger partial charge in [-0.05, 0) is 6.92 Å². The summed E-state index contributed by atoms with van der Waals surface area (Å²) in [5, 5.41) is 3.02. The third-order valence-electron chi connectivity index (χ3n) is 1.18. The molecule has 1 N–H and O–H groups in total. The van der Waals surface area contributed by atoms with E-state index in [1.807, 2.05) is 20.8 Å². The number of hydrogen-bond donors (Lipinski definition) is 1. The van der Waals surface area contributed by atoms with Crippen LogP contribution in [0.15, 0.2) is 0 Å². The van der Waals surface area contributed by atoms with E-state index in [9.17, 15) is 4.79 Å². The molecule has 1 aliphatic heterocycles. The minimum atomic E-state index is 0.340. The molecule has 2 heteroatoms. The van der Waals surface area contributed by atoms with Crippen LogP contribution in [0.25, 0.3) is 0 Å². The minimum Gasteiger partial charge on any atom is -0.307 e. The first-order valence-electron chi connectivity index (χ1n) is 3.54. The zero-order valence-electron chi connectivity index (χ0n) is 6.40. The van der Waals surface area contributed by atoms with Gasteiger partial charge in [-0.3, -0.25) is 4.79 Å². The van der Waals surface area contributed by atoms with E-state index in [-0.39, 0.29) is 0 Å². The van der Waals surface area contributed by atoms with Crippen molar-refractivity contribution < 1.29 is 4.79 Å². The highest BCUT2D eigenvalue weighted by Crippen LogP contribution is 1.97. The molecule has 54 valence electrons. The van der Waals surface area contributed by atoms with Crippen molar-refractivity contribution in [1.29, 1.82) is 0 Å². The second kappa shape index (κ2) is 4.50. The maximum absolute atomic E-state index is 10.4. The van der Waals surface area contributed by atoms with Crippen LogP contribution >= 0.6 is 0 Å². The highest BCUT2D eigenvalue weighted by Gasteiger charge is 2.15. The zero-order chi connectivity index (χ0) is 7.28. The molecule has 1 heterocycles. The topological polar surface area (TPSA) is 29.1 Å². The second-order valence-corrected chi connectivity index (χ2v) is 2.02. The third-order valence-corrected chi connectivity index (χ3v) is 1.18. The Kier molecular flexibility index (Phi) is 4.32. The maximum atomic E-state index is 10.4. The molecule has 0 aliphatic carbocycles. The highest BCUT2D eigenvalue weighted by atomic mass is 16.1. The molecular formula is C7H15NO. The fourth-order valence-corrected chi connectivity index (χ4v) is 0.774. The number of carbonyl (C=O) groups excluding carboxylic acids is 1. The second-order valence-electron chi connectivity index (χ2n) is 2.02. The van der Waals surface area contributed by atoms with Gasteiger partial charge in [0.25, 0.3) is 0 Å². The monoisotopic (exact) mass is 129 g/mol. The van der Waals surface area contributed by atoms with E-state index in [1.54, 1.807) is 0 Å². The molecule has 9 heavy (non-hydrogen) atoms. The van der Waals surface area contributed by atoms with Crippen LogP contribution < -0.4 is 5.32 Å². The van der Waals surface area contributed by atoms with Crippen LogP contribution in [0.5, 0.6) is 0 Å². The Morgan fingerprint density at radius 3 is 2.22 bits per heavy atom. The Morgan fingerprint density at radius 2 is 2.11 bits per heavy atom. The number of rotatable bonds is 0. The van der Waals surface area contributed by atoms with E-state index in [1.165, 1.54) is 0 Å². The van der Waals surface area contributed by atoms with Crippen LogP contribution in [0.4, 0.5) is 0 Å². The first-order valence-corrected chi connectivity index (χ1v) is 3.54. The fraction of sp³-hybridized carbons (Fsp3) is 0.857. The molecule has 0 bridgehead atoms. The molecule has 0 amide bonds. The quantitative estimate of drug-likeness (QED) is 0.528. The summed E-state index contributed by atoms with van der Waals surface area (Å²) in [6.45, 7) is 6.60. The summed E-state index contributed by atoms with van der Waals surface area (Å²) in [6, 6.07) is 0.424. The average Bonchev–Trinajstić information content (AvgIpc) is 2.20. The molecule has 2 nitrogen and oxygen atoms in total. The largest absolute Gasteiger partial charge is 0.307 e. The van der Waals surface area contributed by atoms with Gasteiger partial charge in [-0.2, -0.15) is 0 Å². The van der Waals surface area contributed by atoms with Gasteiger partial charge < -0.3 is 5.32 Å². The van der Waals surface area contributed by atoms with Crippen molar-refractivity contribution in [1.82, 2.24) is 5.32 Å². The standard InChI is InChI=1S/C5H9NO.C2H6/c1-4-2-5(7)3-6-4;1-2/h4,6H,2-3H2,1H3;1-2H3. The summed E-state index contributed by atoms with van der Waals surface area (Å²) in [5.41, 5.74) is 0. The van der Waals surface area contributed by atoms with Crippen molar-refractivity contribution in [2.45, 2.75) is 33.2 Å². The molecule has 1 saturated heterocycles. The van der Waals surface area contributed by atoms with Crippen LogP contribution in [0, 0.1) is 0 Å². The van der Waals surface area contributed by atoms with Crippen LogP contribution in [-0.4, -0.2) is 18.4 Å². The predicted octanol–water partition coefficient (Wildman–Crippen LogP) is 0.964. The lowest BCUT2D eigenvalue weighted by Crippen LogP contribution is -2.16. The Bertz CT molecular complexity index is 90.9. The predicted molar refractivity (Wildman–Crippen MR) is 38.4 cm³/mol. The molecule has 1 aliphatic rings. The highest BCUT2D eigenvalue weighted by molar-refractivity contribution is 5.83. The molecule has 0 spiro atoms. The van der Waals surface area contributed by atoms with E-state index in [4.69, 9.17) is 0 Å². The van der Waals surface area contributed by atoms with Crippen LogP contribution in [0.3, 0.4) is 0 Å². The number of hydrogen-bond acceptors (Lipinski definition) is 2. The van der Waals surface area contributed by atoms with Crippen molar-refractivity contribution in [3.63, 3.8) is 0 Å². The molecule has 1 atom stereocenters. The van der Waals surface area contributed by atoms with Gasteiger partial charge in [0.1, 0.15) is 5.78 Å². The van der Waals surface area contributed by atoms with Crippen molar-refractivity contribution in [3.8, 4) is 0 Å². The Morgan fingerprint density at radius 1 is 1.56 bits per heavy atom. The summed E-state index contributed by atoms with van der Waals surface area (Å²) < 4.78 is 0. The lowest BCUT2D eigenvalue weighted by molar-refractivity contribution is -0.116. The maximum Gasteiger partial charge on any atom is 0.148 e. The van der Waals surface area contributed by atoms with Crippen LogP contribution in [-0.2, 0) is 4.79 Å². The Labute approximate surface area is 56.6 Å². The SMILES string of the molecule is CC.CC1CC(=O)CN1. The first kappa shape index (κ1) is 8.63. The number of ketones is 1. The summed E-state index contributed by atoms with van der Waals surface area (Å²) >= 11 is 0. The lowest BCUT2D eigenvalue weighted by Gasteiger charge is -1.93. The van der Waals surface area contributed by atoms with Crippen LogP contribution in [0.1, 0.15) is 27.2 Å². The van der Waals surface area contributed by atoms with Gasteiger partial charge in [0, 0.05) is 12.5 Å². The molecule has 1 rings (SSSR count). The first-order chi connectivity index (χ1) is 4.29. The van der Waals surface area contributed by atoms with E-state index < -0.39 is 0 Å². The summed E-state index contributed by atoms with van der Waals surface area (Å²) in [7, 11) is 0. The molecule has 0 radical (unpaired) electrons. The van der Waals surface area contributed by atoms with Gasteiger partial charge in [0.15, 0.2) is 0 Å². The van der Waals surface area contributed by atoms with Crippen molar-refractivity contribution >= 4 is 5.78 Å².